The first-order valence-electron chi connectivity index (χ1n) is 7.58. The van der Waals surface area contributed by atoms with Crippen molar-refractivity contribution in [1.29, 1.82) is 0 Å². The zero-order valence-electron chi connectivity index (χ0n) is 11.4. The molecule has 0 spiro atoms. The van der Waals surface area contributed by atoms with Crippen LogP contribution in [0.3, 0.4) is 0 Å². The standard InChI is InChI=1S/C15H22ClN3/c16-12-7-2-1-3-9-14(12)19-15-11-6-4-5-8-13(11)17-10-18-15/h10,12,14H,1-9H2,(H,17,18,19). The fraction of sp³-hybridized carbons (Fsp3) is 0.733. The van der Waals surface area contributed by atoms with E-state index in [1.165, 1.54) is 43.4 Å². The van der Waals surface area contributed by atoms with Crippen molar-refractivity contribution in [3.8, 4) is 0 Å². The molecule has 2 aliphatic carbocycles. The van der Waals surface area contributed by atoms with Gasteiger partial charge in [0.05, 0.1) is 5.38 Å². The number of anilines is 1. The third-order valence-corrected chi connectivity index (χ3v) is 4.90. The molecule has 2 aliphatic rings. The number of aromatic nitrogens is 2. The molecule has 0 amide bonds. The number of aryl methyl sites for hydroxylation is 1. The molecule has 3 rings (SSSR count). The maximum absolute atomic E-state index is 6.51. The number of alkyl halides is 1. The monoisotopic (exact) mass is 279 g/mol. The minimum absolute atomic E-state index is 0.233. The summed E-state index contributed by atoms with van der Waals surface area (Å²) in [5, 5.41) is 3.85. The molecule has 3 nitrogen and oxygen atoms in total. The van der Waals surface area contributed by atoms with Crippen molar-refractivity contribution in [1.82, 2.24) is 9.97 Å². The maximum atomic E-state index is 6.51. The van der Waals surface area contributed by atoms with Gasteiger partial charge >= 0.3 is 0 Å². The summed E-state index contributed by atoms with van der Waals surface area (Å²) in [6.45, 7) is 0. The Bertz CT molecular complexity index is 435. The van der Waals surface area contributed by atoms with E-state index in [4.69, 9.17) is 11.6 Å². The molecular formula is C15H22ClN3. The van der Waals surface area contributed by atoms with Crippen molar-refractivity contribution in [2.75, 3.05) is 5.32 Å². The summed E-state index contributed by atoms with van der Waals surface area (Å²) < 4.78 is 0. The number of rotatable bonds is 2. The van der Waals surface area contributed by atoms with Crippen LogP contribution >= 0.6 is 11.6 Å². The molecule has 1 aromatic heterocycles. The van der Waals surface area contributed by atoms with Gasteiger partial charge in [0, 0.05) is 17.3 Å². The molecule has 1 saturated carbocycles. The van der Waals surface area contributed by atoms with Crippen molar-refractivity contribution in [2.24, 2.45) is 0 Å². The molecule has 0 bridgehead atoms. The molecule has 1 aromatic rings. The lowest BCUT2D eigenvalue weighted by Gasteiger charge is -2.25. The SMILES string of the molecule is ClC1CCCCCC1Nc1ncnc2c1CCCC2. The minimum Gasteiger partial charge on any atom is -0.366 e. The average molecular weight is 280 g/mol. The Morgan fingerprint density at radius 3 is 2.79 bits per heavy atom. The van der Waals surface area contributed by atoms with Crippen LogP contribution in [-0.4, -0.2) is 21.4 Å². The molecule has 2 atom stereocenters. The van der Waals surface area contributed by atoms with Gasteiger partial charge in [0.1, 0.15) is 12.1 Å². The molecule has 0 aromatic carbocycles. The van der Waals surface area contributed by atoms with Crippen LogP contribution in [0, 0.1) is 0 Å². The number of hydrogen-bond donors (Lipinski definition) is 1. The fourth-order valence-corrected chi connectivity index (χ4v) is 3.59. The van der Waals surface area contributed by atoms with Crippen LogP contribution in [0.1, 0.15) is 56.2 Å². The lowest BCUT2D eigenvalue weighted by Crippen LogP contribution is -2.30. The number of nitrogens with zero attached hydrogens (tertiary/aromatic N) is 2. The van der Waals surface area contributed by atoms with Crippen LogP contribution < -0.4 is 5.32 Å². The van der Waals surface area contributed by atoms with Crippen molar-refractivity contribution in [3.63, 3.8) is 0 Å². The highest BCUT2D eigenvalue weighted by molar-refractivity contribution is 6.21. The molecule has 1 N–H and O–H groups in total. The lowest BCUT2D eigenvalue weighted by atomic mass is 9.96. The topological polar surface area (TPSA) is 37.8 Å². The second-order valence-corrected chi connectivity index (χ2v) is 6.32. The molecule has 2 unspecified atom stereocenters. The maximum Gasteiger partial charge on any atom is 0.133 e. The average Bonchev–Trinajstić information content (AvgIpc) is 2.65. The molecule has 104 valence electrons. The summed E-state index contributed by atoms with van der Waals surface area (Å²) in [4.78, 5) is 8.90. The van der Waals surface area contributed by atoms with Gasteiger partial charge in [0.2, 0.25) is 0 Å². The van der Waals surface area contributed by atoms with E-state index in [1.54, 1.807) is 6.33 Å². The van der Waals surface area contributed by atoms with Crippen LogP contribution in [0.2, 0.25) is 0 Å². The number of fused-ring (bicyclic) bond motifs is 1. The normalized spacial score (nSPS) is 27.4. The van der Waals surface area contributed by atoms with Crippen molar-refractivity contribution in [3.05, 3.63) is 17.6 Å². The van der Waals surface area contributed by atoms with Gasteiger partial charge in [-0.2, -0.15) is 0 Å². The first-order valence-corrected chi connectivity index (χ1v) is 8.01. The zero-order chi connectivity index (χ0) is 13.1. The summed E-state index contributed by atoms with van der Waals surface area (Å²) in [5.41, 5.74) is 2.57. The molecule has 1 fully saturated rings. The Labute approximate surface area is 120 Å². The quantitative estimate of drug-likeness (QED) is 0.662. The molecule has 0 saturated heterocycles. The first-order chi connectivity index (χ1) is 9.34. The largest absolute Gasteiger partial charge is 0.366 e. The van der Waals surface area contributed by atoms with E-state index < -0.39 is 0 Å². The van der Waals surface area contributed by atoms with Gasteiger partial charge in [-0.05, 0) is 38.5 Å². The summed E-state index contributed by atoms with van der Waals surface area (Å²) in [7, 11) is 0. The van der Waals surface area contributed by atoms with Gasteiger partial charge in [-0.25, -0.2) is 9.97 Å². The van der Waals surface area contributed by atoms with E-state index in [1.807, 2.05) is 0 Å². The minimum atomic E-state index is 0.233. The van der Waals surface area contributed by atoms with E-state index in [9.17, 15) is 0 Å². The van der Waals surface area contributed by atoms with Crippen molar-refractivity contribution in [2.45, 2.75) is 69.2 Å². The van der Waals surface area contributed by atoms with Gasteiger partial charge in [0.25, 0.3) is 0 Å². The first kappa shape index (κ1) is 13.2. The Balaban J connectivity index is 1.78. The Morgan fingerprint density at radius 1 is 1.00 bits per heavy atom. The Hall–Kier alpha value is -0.830. The lowest BCUT2D eigenvalue weighted by molar-refractivity contribution is 0.616. The third-order valence-electron chi connectivity index (χ3n) is 4.38. The highest BCUT2D eigenvalue weighted by Crippen LogP contribution is 2.29. The van der Waals surface area contributed by atoms with Gasteiger partial charge in [-0.1, -0.05) is 19.3 Å². The summed E-state index contributed by atoms with van der Waals surface area (Å²) in [6.07, 6.45) is 12.5. The number of hydrogen-bond acceptors (Lipinski definition) is 3. The Kier molecular flexibility index (Phi) is 4.21. The second-order valence-electron chi connectivity index (χ2n) is 5.76. The van der Waals surface area contributed by atoms with Crippen molar-refractivity contribution < 1.29 is 0 Å². The summed E-state index contributed by atoms with van der Waals surface area (Å²) in [6, 6.07) is 0.366. The molecular weight excluding hydrogens is 258 g/mol. The molecule has 0 aliphatic heterocycles. The number of halogens is 1. The highest BCUT2D eigenvalue weighted by Gasteiger charge is 2.24. The summed E-state index contributed by atoms with van der Waals surface area (Å²) >= 11 is 6.51. The molecule has 19 heavy (non-hydrogen) atoms. The van der Waals surface area contributed by atoms with Gasteiger partial charge in [0.15, 0.2) is 0 Å². The van der Waals surface area contributed by atoms with E-state index in [-0.39, 0.29) is 5.38 Å². The molecule has 4 heteroatoms. The molecule has 1 heterocycles. The highest BCUT2D eigenvalue weighted by atomic mass is 35.5. The van der Waals surface area contributed by atoms with Crippen molar-refractivity contribution >= 4 is 17.4 Å². The Morgan fingerprint density at radius 2 is 1.84 bits per heavy atom. The van der Waals surface area contributed by atoms with E-state index >= 15 is 0 Å². The summed E-state index contributed by atoms with van der Waals surface area (Å²) in [5.74, 6) is 1.04. The predicted molar refractivity (Wildman–Crippen MR) is 78.8 cm³/mol. The van der Waals surface area contributed by atoms with E-state index in [2.05, 4.69) is 15.3 Å². The van der Waals surface area contributed by atoms with Gasteiger partial charge in [-0.3, -0.25) is 0 Å². The fourth-order valence-electron chi connectivity index (χ4n) is 3.25. The van der Waals surface area contributed by atoms with Crippen LogP contribution in [-0.2, 0) is 12.8 Å². The van der Waals surface area contributed by atoms with E-state index in [0.29, 0.717) is 6.04 Å². The van der Waals surface area contributed by atoms with Gasteiger partial charge in [-0.15, -0.1) is 11.6 Å². The van der Waals surface area contributed by atoms with E-state index in [0.717, 1.165) is 31.5 Å². The molecule has 0 radical (unpaired) electrons. The zero-order valence-corrected chi connectivity index (χ0v) is 12.1. The smallest absolute Gasteiger partial charge is 0.133 e. The second kappa shape index (κ2) is 6.08. The van der Waals surface area contributed by atoms with Crippen LogP contribution in [0.4, 0.5) is 5.82 Å². The van der Waals surface area contributed by atoms with Crippen LogP contribution in [0.15, 0.2) is 6.33 Å². The number of nitrogens with one attached hydrogen (secondary N) is 1. The predicted octanol–water partition coefficient (Wildman–Crippen LogP) is 3.71. The van der Waals surface area contributed by atoms with Crippen LogP contribution in [0.25, 0.3) is 0 Å². The van der Waals surface area contributed by atoms with Crippen LogP contribution in [0.5, 0.6) is 0 Å². The van der Waals surface area contributed by atoms with Gasteiger partial charge < -0.3 is 5.32 Å². The third kappa shape index (κ3) is 3.02.